The second kappa shape index (κ2) is 7.61. The van der Waals surface area contributed by atoms with Crippen LogP contribution in [0.4, 0.5) is 5.82 Å². The minimum atomic E-state index is 0.628. The molecular weight excluding hydrogens is 336 g/mol. The first-order valence-electron chi connectivity index (χ1n) is 8.41. The number of aryl methyl sites for hydroxylation is 2. The molecule has 0 spiro atoms. The van der Waals surface area contributed by atoms with Crippen LogP contribution in [0.2, 0.25) is 5.02 Å². The van der Waals surface area contributed by atoms with Crippen molar-refractivity contribution >= 4 is 34.7 Å². The number of aromatic nitrogens is 4. The summed E-state index contributed by atoms with van der Waals surface area (Å²) in [6.07, 6.45) is 4.52. The number of hydrogen-bond donors (Lipinski definition) is 1. The van der Waals surface area contributed by atoms with Gasteiger partial charge in [-0.05, 0) is 37.1 Å². The summed E-state index contributed by atoms with van der Waals surface area (Å²) >= 11 is 5.99. The third-order valence-electron chi connectivity index (χ3n) is 3.79. The van der Waals surface area contributed by atoms with Crippen molar-refractivity contribution in [2.24, 2.45) is 12.1 Å². The molecule has 0 saturated heterocycles. The van der Waals surface area contributed by atoms with Gasteiger partial charge in [-0.1, -0.05) is 31.9 Å². The maximum absolute atomic E-state index is 5.99. The number of fused-ring (bicyclic) bond motifs is 1. The number of nitrogens with zero attached hydrogens (tertiary/aromatic N) is 5. The average Bonchev–Trinajstić information content (AvgIpc) is 2.92. The molecular formula is C18H21ClN6. The molecule has 0 aliphatic rings. The second-order valence-electron chi connectivity index (χ2n) is 5.75. The summed E-state index contributed by atoms with van der Waals surface area (Å²) in [6.45, 7) is 4.16. The Balaban J connectivity index is 2.19. The van der Waals surface area contributed by atoms with Crippen LogP contribution >= 0.6 is 11.6 Å². The Labute approximate surface area is 151 Å². The second-order valence-corrected chi connectivity index (χ2v) is 6.19. The third-order valence-corrected chi connectivity index (χ3v) is 4.04. The molecule has 1 N–H and O–H groups in total. The predicted molar refractivity (Wildman–Crippen MR) is 103 cm³/mol. The van der Waals surface area contributed by atoms with Crippen molar-refractivity contribution in [3.05, 3.63) is 35.0 Å². The van der Waals surface area contributed by atoms with Gasteiger partial charge in [0.15, 0.2) is 11.6 Å². The van der Waals surface area contributed by atoms with E-state index in [-0.39, 0.29) is 0 Å². The van der Waals surface area contributed by atoms with Gasteiger partial charge in [-0.25, -0.2) is 9.97 Å². The van der Waals surface area contributed by atoms with E-state index in [1.54, 1.807) is 6.21 Å². The van der Waals surface area contributed by atoms with Crippen LogP contribution < -0.4 is 5.43 Å². The summed E-state index contributed by atoms with van der Waals surface area (Å²) in [7, 11) is 1.90. The summed E-state index contributed by atoms with van der Waals surface area (Å²) in [5.74, 6) is 1.28. The van der Waals surface area contributed by atoms with E-state index in [4.69, 9.17) is 16.6 Å². The molecule has 0 bridgehead atoms. The van der Waals surface area contributed by atoms with Crippen molar-refractivity contribution in [2.45, 2.75) is 33.1 Å². The van der Waals surface area contributed by atoms with Gasteiger partial charge in [0.1, 0.15) is 11.0 Å². The van der Waals surface area contributed by atoms with Gasteiger partial charge in [-0.3, -0.25) is 10.1 Å². The van der Waals surface area contributed by atoms with E-state index in [2.05, 4.69) is 27.5 Å². The van der Waals surface area contributed by atoms with Crippen molar-refractivity contribution in [2.75, 3.05) is 5.43 Å². The number of hydrazone groups is 1. The van der Waals surface area contributed by atoms with Crippen molar-refractivity contribution < 1.29 is 0 Å². The highest BCUT2D eigenvalue weighted by Gasteiger charge is 2.17. The van der Waals surface area contributed by atoms with Gasteiger partial charge in [-0.15, -0.1) is 0 Å². The molecule has 0 fully saturated rings. The summed E-state index contributed by atoms with van der Waals surface area (Å²) in [5.41, 5.74) is 6.63. The normalized spacial score (nSPS) is 11.5. The quantitative estimate of drug-likeness (QED) is 0.523. The molecule has 6 nitrogen and oxygen atoms in total. The first kappa shape index (κ1) is 17.4. The van der Waals surface area contributed by atoms with Crippen LogP contribution in [0.15, 0.2) is 29.4 Å². The van der Waals surface area contributed by atoms with E-state index in [0.717, 1.165) is 41.6 Å². The van der Waals surface area contributed by atoms with E-state index in [0.29, 0.717) is 16.7 Å². The number of benzene rings is 1. The Kier molecular flexibility index (Phi) is 5.28. The third kappa shape index (κ3) is 3.64. The Hall–Kier alpha value is -2.47. The van der Waals surface area contributed by atoms with E-state index < -0.39 is 0 Å². The largest absolute Gasteiger partial charge is 0.262 e. The lowest BCUT2D eigenvalue weighted by Gasteiger charge is -2.07. The first-order chi connectivity index (χ1) is 12.1. The number of anilines is 1. The average molecular weight is 357 g/mol. The Morgan fingerprint density at radius 2 is 1.96 bits per heavy atom. The molecule has 0 aliphatic carbocycles. The van der Waals surface area contributed by atoms with Crippen LogP contribution in [0.3, 0.4) is 0 Å². The van der Waals surface area contributed by atoms with Gasteiger partial charge in [0.2, 0.25) is 0 Å². The van der Waals surface area contributed by atoms with Gasteiger partial charge < -0.3 is 0 Å². The van der Waals surface area contributed by atoms with Crippen molar-refractivity contribution in [1.29, 1.82) is 0 Å². The molecule has 0 atom stereocenters. The van der Waals surface area contributed by atoms with E-state index in [1.165, 1.54) is 0 Å². The minimum absolute atomic E-state index is 0.628. The minimum Gasteiger partial charge on any atom is -0.262 e. The van der Waals surface area contributed by atoms with Crippen molar-refractivity contribution in [3.63, 3.8) is 0 Å². The fraction of sp³-hybridized carbons (Fsp3) is 0.333. The Bertz CT molecular complexity index is 898. The molecule has 3 aromatic rings. The van der Waals surface area contributed by atoms with Gasteiger partial charge in [0, 0.05) is 23.8 Å². The number of rotatable bonds is 6. The van der Waals surface area contributed by atoms with Crippen LogP contribution in [0.25, 0.3) is 22.4 Å². The number of nitrogens with one attached hydrogen (secondary N) is 1. The fourth-order valence-electron chi connectivity index (χ4n) is 2.65. The summed E-state index contributed by atoms with van der Waals surface area (Å²) in [5, 5.41) is 9.53. The lowest BCUT2D eigenvalue weighted by atomic mass is 10.2. The summed E-state index contributed by atoms with van der Waals surface area (Å²) < 4.78 is 1.82. The van der Waals surface area contributed by atoms with Crippen molar-refractivity contribution in [1.82, 2.24) is 19.7 Å². The summed E-state index contributed by atoms with van der Waals surface area (Å²) in [6, 6.07) is 7.50. The Morgan fingerprint density at radius 1 is 1.20 bits per heavy atom. The first-order valence-corrected chi connectivity index (χ1v) is 8.78. The van der Waals surface area contributed by atoms with Crippen molar-refractivity contribution in [3.8, 4) is 11.4 Å². The molecule has 0 aliphatic heterocycles. The fourth-order valence-corrected chi connectivity index (χ4v) is 2.78. The topological polar surface area (TPSA) is 68.0 Å². The molecule has 25 heavy (non-hydrogen) atoms. The van der Waals surface area contributed by atoms with Gasteiger partial charge in [-0.2, -0.15) is 10.2 Å². The molecule has 1 aromatic carbocycles. The smallest absolute Gasteiger partial charge is 0.176 e. The van der Waals surface area contributed by atoms with Gasteiger partial charge in [0.05, 0.1) is 5.69 Å². The predicted octanol–water partition coefficient (Wildman–Crippen LogP) is 4.44. The highest BCUT2D eigenvalue weighted by molar-refractivity contribution is 6.30. The molecule has 3 rings (SSSR count). The zero-order valence-electron chi connectivity index (χ0n) is 14.6. The zero-order valence-corrected chi connectivity index (χ0v) is 15.4. The van der Waals surface area contributed by atoms with Gasteiger partial charge in [0.25, 0.3) is 0 Å². The molecule has 7 heteroatoms. The molecule has 0 amide bonds. The van der Waals surface area contributed by atoms with Gasteiger partial charge >= 0.3 is 0 Å². The highest BCUT2D eigenvalue weighted by atomic mass is 35.5. The van der Waals surface area contributed by atoms with Crippen LogP contribution in [-0.2, 0) is 13.5 Å². The van der Waals surface area contributed by atoms with Crippen LogP contribution in [0, 0.1) is 0 Å². The number of halogens is 1. The highest BCUT2D eigenvalue weighted by Crippen LogP contribution is 2.28. The molecule has 0 radical (unpaired) electrons. The monoisotopic (exact) mass is 356 g/mol. The molecule has 0 saturated carbocycles. The maximum atomic E-state index is 5.99. The standard InChI is InChI=1S/C18H21ClN6/c1-4-6-14-15-16(25(3)24-14)18(23-20-11-5-2)22-17(21-15)12-7-9-13(19)10-8-12/h7-11H,4-6H2,1-3H3,(H,21,22,23)/b20-11+. The number of hydrogen-bond acceptors (Lipinski definition) is 5. The zero-order chi connectivity index (χ0) is 17.8. The lowest BCUT2D eigenvalue weighted by molar-refractivity contribution is 0.753. The lowest BCUT2D eigenvalue weighted by Crippen LogP contribution is -2.01. The van der Waals surface area contributed by atoms with E-state index in [9.17, 15) is 0 Å². The van der Waals surface area contributed by atoms with E-state index in [1.807, 2.05) is 42.9 Å². The molecule has 2 aromatic heterocycles. The van der Waals surface area contributed by atoms with Crippen LogP contribution in [0.1, 0.15) is 32.4 Å². The summed E-state index contributed by atoms with van der Waals surface area (Å²) in [4.78, 5) is 9.44. The Morgan fingerprint density at radius 3 is 2.64 bits per heavy atom. The molecule has 2 heterocycles. The van der Waals surface area contributed by atoms with Crippen LogP contribution in [0.5, 0.6) is 0 Å². The molecule has 0 unspecified atom stereocenters. The van der Waals surface area contributed by atoms with E-state index >= 15 is 0 Å². The SMILES string of the molecule is CC/C=N/Nc1nc(-c2ccc(Cl)cc2)nc2c(CCC)nn(C)c12. The maximum Gasteiger partial charge on any atom is 0.176 e. The molecule has 130 valence electrons. The van der Waals surface area contributed by atoms with Crippen LogP contribution in [-0.4, -0.2) is 26.0 Å².